The van der Waals surface area contributed by atoms with Gasteiger partial charge < -0.3 is 16.4 Å². The lowest BCUT2D eigenvalue weighted by molar-refractivity contribution is -0.124. The van der Waals surface area contributed by atoms with E-state index < -0.39 is 11.9 Å². The number of nitrogens with zero attached hydrogens (tertiary/aromatic N) is 2. The van der Waals surface area contributed by atoms with Gasteiger partial charge in [0, 0.05) is 17.9 Å². The van der Waals surface area contributed by atoms with Crippen molar-refractivity contribution in [3.8, 4) is 0 Å². The van der Waals surface area contributed by atoms with E-state index in [0.29, 0.717) is 27.7 Å². The van der Waals surface area contributed by atoms with Crippen molar-refractivity contribution < 1.29 is 19.2 Å². The molecule has 2 aromatic carbocycles. The Kier molecular flexibility index (Phi) is 18.7. The zero-order valence-corrected chi connectivity index (χ0v) is 27.4. The number of nitrogens with two attached hydrogens (primary N) is 1. The maximum Gasteiger partial charge on any atom is 0.368 e. The Hall–Kier alpha value is -3.88. The molecule has 0 unspecified atom stereocenters. The monoisotopic (exact) mass is 619 g/mol. The van der Waals surface area contributed by atoms with Crippen LogP contribution >= 0.6 is 0 Å². The van der Waals surface area contributed by atoms with Crippen molar-refractivity contribution >= 4 is 35.0 Å². The molecule has 45 heavy (non-hydrogen) atoms. The number of hydrogen-bond donors (Lipinski definition) is 3. The molecule has 4 amide bonds. The number of unbranched alkanes of at least 4 members (excludes halogenated alkanes) is 15. The summed E-state index contributed by atoms with van der Waals surface area (Å²) in [5, 5.41) is 6.43. The van der Waals surface area contributed by atoms with E-state index >= 15 is 0 Å². The fourth-order valence-corrected chi connectivity index (χ4v) is 5.12. The van der Waals surface area contributed by atoms with E-state index in [-0.39, 0.29) is 18.1 Å². The first-order valence-corrected chi connectivity index (χ1v) is 16.8. The van der Waals surface area contributed by atoms with Crippen LogP contribution in [0.5, 0.6) is 0 Å². The van der Waals surface area contributed by atoms with Crippen LogP contribution in [-0.2, 0) is 9.59 Å². The minimum absolute atomic E-state index is 0.0564. The Morgan fingerprint density at radius 1 is 0.711 bits per heavy atom. The molecule has 1 heterocycles. The fourth-order valence-electron chi connectivity index (χ4n) is 5.12. The molecule has 0 saturated carbocycles. The van der Waals surface area contributed by atoms with Crippen molar-refractivity contribution in [2.24, 2.45) is 9.98 Å². The van der Waals surface area contributed by atoms with Gasteiger partial charge in [0.1, 0.15) is 5.78 Å². The second-order valence-electron chi connectivity index (χ2n) is 11.8. The molecular formula is C36H53N5O4. The number of nitrogens with one attached hydrogen (secondary N) is 2. The van der Waals surface area contributed by atoms with Crippen LogP contribution in [0.2, 0.25) is 0 Å². The smallest absolute Gasteiger partial charge is 0.368 e. The van der Waals surface area contributed by atoms with Crippen molar-refractivity contribution in [1.82, 2.24) is 5.32 Å². The summed E-state index contributed by atoms with van der Waals surface area (Å²) in [6, 6.07) is 11.4. The number of benzene rings is 2. The first-order valence-electron chi connectivity index (χ1n) is 16.8. The molecule has 9 heteroatoms. The van der Waals surface area contributed by atoms with Crippen LogP contribution in [0.15, 0.2) is 52.4 Å². The van der Waals surface area contributed by atoms with Gasteiger partial charge in [0.2, 0.25) is 5.91 Å². The number of nitrogen functional groups attached to an aromatic ring is 1. The second-order valence-corrected chi connectivity index (χ2v) is 11.8. The Balaban J connectivity index is 0.000000351. The fraction of sp³-hybridized carbons (Fsp3) is 0.556. The minimum atomic E-state index is -0.549. The van der Waals surface area contributed by atoms with Gasteiger partial charge in [-0.2, -0.15) is 9.98 Å². The third-order valence-corrected chi connectivity index (χ3v) is 7.62. The maximum absolute atomic E-state index is 12.0. The molecule has 0 bridgehead atoms. The molecular weight excluding hydrogens is 566 g/mol. The van der Waals surface area contributed by atoms with Crippen molar-refractivity contribution in [3.05, 3.63) is 58.7 Å². The predicted octanol–water partition coefficient (Wildman–Crippen LogP) is 7.24. The molecule has 246 valence electrons. The van der Waals surface area contributed by atoms with E-state index in [1.54, 1.807) is 30.3 Å². The number of carbonyl (C=O) groups excluding carboxylic acids is 4. The van der Waals surface area contributed by atoms with Gasteiger partial charge in [0.05, 0.1) is 22.7 Å². The van der Waals surface area contributed by atoms with E-state index in [4.69, 9.17) is 5.73 Å². The molecule has 2 aromatic rings. The van der Waals surface area contributed by atoms with Crippen LogP contribution in [0.25, 0.3) is 0 Å². The predicted molar refractivity (Wildman–Crippen MR) is 181 cm³/mol. The summed E-state index contributed by atoms with van der Waals surface area (Å²) in [5.74, 6) is -0.656. The van der Waals surface area contributed by atoms with Gasteiger partial charge in [-0.15, -0.1) is 0 Å². The third-order valence-electron chi connectivity index (χ3n) is 7.62. The lowest BCUT2D eigenvalue weighted by atomic mass is 10.0. The molecule has 0 atom stereocenters. The Morgan fingerprint density at radius 3 is 1.80 bits per heavy atom. The average molecular weight is 620 g/mol. The number of fused-ring (bicyclic) bond motifs is 1. The molecule has 0 aliphatic carbocycles. The zero-order valence-electron chi connectivity index (χ0n) is 27.4. The van der Waals surface area contributed by atoms with Gasteiger partial charge in [-0.1, -0.05) is 115 Å². The van der Waals surface area contributed by atoms with Crippen molar-refractivity contribution in [1.29, 1.82) is 0 Å². The van der Waals surface area contributed by atoms with E-state index in [1.807, 2.05) is 12.1 Å². The maximum atomic E-state index is 12.0. The molecule has 3 rings (SSSR count). The van der Waals surface area contributed by atoms with Crippen molar-refractivity contribution in [3.63, 3.8) is 0 Å². The van der Waals surface area contributed by atoms with Gasteiger partial charge in [0.15, 0.2) is 0 Å². The molecule has 4 N–H and O–H groups in total. The summed E-state index contributed by atoms with van der Waals surface area (Å²) < 4.78 is 0. The quantitative estimate of drug-likeness (QED) is 0.0767. The highest BCUT2D eigenvalue weighted by atomic mass is 16.2. The Morgan fingerprint density at radius 2 is 1.24 bits per heavy atom. The summed E-state index contributed by atoms with van der Waals surface area (Å²) in [6.07, 6.45) is 21.7. The standard InChI is InChI=1S/C25H44N2O.C11H9N3O3/c1-2-3-4-5-6-7-8-9-10-11-12-13-14-15-16-19-22-27-25(28)23-20-17-18-21-24(23)26;1-6(15)4-10(16)12-7-2-3-8-9(5-7)14-11(17)13-8/h17-18,20-21H,2-16,19,22,26H2,1H3,(H,27,28);2-3,5H,4H2,1H3,(H,12,16). The third kappa shape index (κ3) is 16.7. The molecule has 0 spiro atoms. The summed E-state index contributed by atoms with van der Waals surface area (Å²) in [4.78, 5) is 52.3. The summed E-state index contributed by atoms with van der Waals surface area (Å²) in [7, 11) is 0. The largest absolute Gasteiger partial charge is 0.398 e. The molecule has 0 saturated heterocycles. The summed E-state index contributed by atoms with van der Waals surface area (Å²) in [5.41, 5.74) is 7.45. The number of amides is 4. The lowest BCUT2D eigenvalue weighted by Gasteiger charge is -2.07. The van der Waals surface area contributed by atoms with Crippen LogP contribution in [0, 0.1) is 0 Å². The highest BCUT2D eigenvalue weighted by Gasteiger charge is 2.09. The minimum Gasteiger partial charge on any atom is -0.398 e. The van der Waals surface area contributed by atoms with Crippen molar-refractivity contribution in [2.75, 3.05) is 17.6 Å². The highest BCUT2D eigenvalue weighted by molar-refractivity contribution is 6.03. The summed E-state index contributed by atoms with van der Waals surface area (Å²) in [6.45, 7) is 4.37. The van der Waals surface area contributed by atoms with Gasteiger partial charge in [-0.3, -0.25) is 14.4 Å². The number of Topliss-reactive ketones (excluding diaryl/α,β-unsaturated/α-hetero) is 1. The van der Waals surface area contributed by atoms with Gasteiger partial charge in [0.25, 0.3) is 5.91 Å². The number of urea groups is 1. The number of para-hydroxylation sites is 1. The van der Waals surface area contributed by atoms with Crippen LogP contribution in [0.3, 0.4) is 0 Å². The molecule has 0 fully saturated rings. The topological polar surface area (TPSA) is 143 Å². The Labute approximate surface area is 268 Å². The number of ketones is 1. The second kappa shape index (κ2) is 22.6. The lowest BCUT2D eigenvalue weighted by Crippen LogP contribution is -2.25. The normalized spacial score (nSPS) is 11.5. The molecule has 9 nitrogen and oxygen atoms in total. The van der Waals surface area contributed by atoms with Crippen LogP contribution < -0.4 is 27.1 Å². The summed E-state index contributed by atoms with van der Waals surface area (Å²) >= 11 is 0. The molecule has 1 aliphatic rings. The van der Waals surface area contributed by atoms with Gasteiger partial charge >= 0.3 is 6.03 Å². The molecule has 0 aromatic heterocycles. The van der Waals surface area contributed by atoms with E-state index in [9.17, 15) is 19.2 Å². The van der Waals surface area contributed by atoms with Gasteiger partial charge in [-0.05, 0) is 43.7 Å². The highest BCUT2D eigenvalue weighted by Crippen LogP contribution is 2.14. The Bertz CT molecular complexity index is 1340. The van der Waals surface area contributed by atoms with E-state index in [2.05, 4.69) is 27.5 Å². The van der Waals surface area contributed by atoms with Crippen LogP contribution in [0.4, 0.5) is 16.2 Å². The molecule has 1 aliphatic heterocycles. The SMILES string of the molecule is CC(=O)CC(=O)Nc1ccc2c(c1)=NC(=O)N=2.CCCCCCCCCCCCCCCCCCNC(=O)c1ccccc1N. The first-order chi connectivity index (χ1) is 21.8. The zero-order chi connectivity index (χ0) is 32.7. The number of carbonyl (C=O) groups is 4. The van der Waals surface area contributed by atoms with E-state index in [0.717, 1.165) is 13.0 Å². The van der Waals surface area contributed by atoms with Crippen LogP contribution in [0.1, 0.15) is 133 Å². The molecule has 0 radical (unpaired) electrons. The van der Waals surface area contributed by atoms with Gasteiger partial charge in [-0.25, -0.2) is 4.79 Å². The van der Waals surface area contributed by atoms with E-state index in [1.165, 1.54) is 103 Å². The first kappa shape index (κ1) is 37.3. The average Bonchev–Trinajstić information content (AvgIpc) is 3.38. The van der Waals surface area contributed by atoms with Crippen molar-refractivity contribution in [2.45, 2.75) is 123 Å². The number of rotatable bonds is 21. The van der Waals surface area contributed by atoms with Crippen LogP contribution in [-0.4, -0.2) is 30.2 Å². The number of anilines is 2. The number of hydrogen-bond acceptors (Lipinski definition) is 5.